The predicted molar refractivity (Wildman–Crippen MR) is 75.3 cm³/mol. The molecule has 17 heavy (non-hydrogen) atoms. The Morgan fingerprint density at radius 3 is 2.35 bits per heavy atom. The zero-order valence-corrected chi connectivity index (χ0v) is 11.5. The molecule has 1 rings (SSSR count). The summed E-state index contributed by atoms with van der Waals surface area (Å²) in [5.74, 6) is 0.874. The molecule has 0 aliphatic rings. The summed E-state index contributed by atoms with van der Waals surface area (Å²) in [7, 11) is 1.67. The van der Waals surface area contributed by atoms with Crippen LogP contribution in [0.25, 0.3) is 0 Å². The fourth-order valence-corrected chi connectivity index (χ4v) is 1.75. The van der Waals surface area contributed by atoms with Crippen LogP contribution in [0.1, 0.15) is 19.4 Å². The first-order valence-electron chi connectivity index (χ1n) is 5.68. The van der Waals surface area contributed by atoms with E-state index in [0.29, 0.717) is 17.6 Å². The number of hydrogen-bond donors (Lipinski definition) is 1. The van der Waals surface area contributed by atoms with E-state index in [2.05, 4.69) is 30.9 Å². The standard InChI is InChI=1S/C13H20N2OS/c1-10(2)15(9-13(14)17)8-11-4-6-12(16-3)7-5-11/h4-7,10H,8-9H2,1-3H3,(H2,14,17). The molecule has 0 atom stereocenters. The van der Waals surface area contributed by atoms with Crippen molar-refractivity contribution in [1.29, 1.82) is 0 Å². The van der Waals surface area contributed by atoms with E-state index < -0.39 is 0 Å². The van der Waals surface area contributed by atoms with Crippen LogP contribution in [-0.4, -0.2) is 29.6 Å². The fraction of sp³-hybridized carbons (Fsp3) is 0.462. The summed E-state index contributed by atoms with van der Waals surface area (Å²) in [4.78, 5) is 2.77. The molecule has 0 fully saturated rings. The smallest absolute Gasteiger partial charge is 0.118 e. The highest BCUT2D eigenvalue weighted by atomic mass is 32.1. The number of hydrogen-bond acceptors (Lipinski definition) is 3. The number of nitrogens with two attached hydrogens (primary N) is 1. The quantitative estimate of drug-likeness (QED) is 0.788. The molecular formula is C13H20N2OS. The first-order valence-corrected chi connectivity index (χ1v) is 6.09. The van der Waals surface area contributed by atoms with Gasteiger partial charge in [0.25, 0.3) is 0 Å². The summed E-state index contributed by atoms with van der Waals surface area (Å²) >= 11 is 4.96. The van der Waals surface area contributed by atoms with Gasteiger partial charge in [-0.05, 0) is 31.5 Å². The molecular weight excluding hydrogens is 232 g/mol. The van der Waals surface area contributed by atoms with E-state index in [1.165, 1.54) is 5.56 Å². The van der Waals surface area contributed by atoms with E-state index in [0.717, 1.165) is 12.3 Å². The van der Waals surface area contributed by atoms with Crippen LogP contribution in [0.4, 0.5) is 0 Å². The van der Waals surface area contributed by atoms with Crippen molar-refractivity contribution in [3.63, 3.8) is 0 Å². The minimum atomic E-state index is 0.415. The Bertz CT molecular complexity index is 362. The average molecular weight is 252 g/mol. The van der Waals surface area contributed by atoms with Crippen molar-refractivity contribution >= 4 is 17.2 Å². The minimum absolute atomic E-state index is 0.415. The Morgan fingerprint density at radius 2 is 1.94 bits per heavy atom. The Hall–Kier alpha value is -1.13. The van der Waals surface area contributed by atoms with Gasteiger partial charge in [0.2, 0.25) is 0 Å². The molecule has 4 heteroatoms. The zero-order chi connectivity index (χ0) is 12.8. The molecule has 0 saturated carbocycles. The summed E-state index contributed by atoms with van der Waals surface area (Å²) in [6.07, 6.45) is 0. The van der Waals surface area contributed by atoms with Crippen molar-refractivity contribution in [2.24, 2.45) is 5.73 Å². The summed E-state index contributed by atoms with van der Waals surface area (Å²) in [5, 5.41) is 0. The number of thiocarbonyl (C=S) groups is 1. The van der Waals surface area contributed by atoms with E-state index in [9.17, 15) is 0 Å². The van der Waals surface area contributed by atoms with Gasteiger partial charge in [0.05, 0.1) is 12.1 Å². The van der Waals surface area contributed by atoms with Gasteiger partial charge in [0, 0.05) is 19.1 Å². The maximum Gasteiger partial charge on any atom is 0.118 e. The van der Waals surface area contributed by atoms with Gasteiger partial charge < -0.3 is 10.5 Å². The fourth-order valence-electron chi connectivity index (χ4n) is 1.59. The van der Waals surface area contributed by atoms with Gasteiger partial charge in [-0.15, -0.1) is 0 Å². The zero-order valence-electron chi connectivity index (χ0n) is 10.6. The Labute approximate surface area is 109 Å². The number of methoxy groups -OCH3 is 1. The lowest BCUT2D eigenvalue weighted by Gasteiger charge is -2.25. The summed E-state index contributed by atoms with van der Waals surface area (Å²) in [5.41, 5.74) is 6.83. The molecule has 1 aromatic carbocycles. The lowest BCUT2D eigenvalue weighted by Crippen LogP contribution is -2.37. The molecule has 0 unspecified atom stereocenters. The maximum atomic E-state index is 5.60. The second kappa shape index (κ2) is 6.57. The van der Waals surface area contributed by atoms with E-state index >= 15 is 0 Å². The molecule has 2 N–H and O–H groups in total. The first-order chi connectivity index (χ1) is 8.02. The molecule has 0 saturated heterocycles. The molecule has 0 amide bonds. The Kier molecular flexibility index (Phi) is 5.38. The molecule has 1 aromatic rings. The topological polar surface area (TPSA) is 38.5 Å². The molecule has 0 heterocycles. The second-order valence-electron chi connectivity index (χ2n) is 4.31. The molecule has 0 spiro atoms. The van der Waals surface area contributed by atoms with Crippen molar-refractivity contribution in [1.82, 2.24) is 4.90 Å². The van der Waals surface area contributed by atoms with Crippen molar-refractivity contribution in [3.05, 3.63) is 29.8 Å². The van der Waals surface area contributed by atoms with E-state index in [-0.39, 0.29) is 0 Å². The number of nitrogens with zero attached hydrogens (tertiary/aromatic N) is 1. The van der Waals surface area contributed by atoms with Crippen molar-refractivity contribution in [2.45, 2.75) is 26.4 Å². The van der Waals surface area contributed by atoms with Crippen LogP contribution >= 0.6 is 12.2 Å². The summed E-state index contributed by atoms with van der Waals surface area (Å²) in [6, 6.07) is 8.48. The van der Waals surface area contributed by atoms with E-state index in [1.54, 1.807) is 7.11 Å². The second-order valence-corrected chi connectivity index (χ2v) is 4.84. The van der Waals surface area contributed by atoms with Crippen LogP contribution in [0.5, 0.6) is 5.75 Å². The molecule has 3 nitrogen and oxygen atoms in total. The highest BCUT2D eigenvalue weighted by Crippen LogP contribution is 2.14. The highest BCUT2D eigenvalue weighted by Gasteiger charge is 2.11. The van der Waals surface area contributed by atoms with E-state index in [1.807, 2.05) is 12.1 Å². The summed E-state index contributed by atoms with van der Waals surface area (Å²) < 4.78 is 5.13. The number of benzene rings is 1. The average Bonchev–Trinajstić information content (AvgIpc) is 2.28. The summed E-state index contributed by atoms with van der Waals surface area (Å²) in [6.45, 7) is 5.78. The normalized spacial score (nSPS) is 10.9. The van der Waals surface area contributed by atoms with Crippen LogP contribution in [0.3, 0.4) is 0 Å². The third-order valence-electron chi connectivity index (χ3n) is 2.63. The number of rotatable bonds is 6. The van der Waals surface area contributed by atoms with Gasteiger partial charge in [-0.3, -0.25) is 4.90 Å². The first kappa shape index (κ1) is 13.9. The van der Waals surface area contributed by atoms with Crippen molar-refractivity contribution in [3.8, 4) is 5.75 Å². The Morgan fingerprint density at radius 1 is 1.35 bits per heavy atom. The van der Waals surface area contributed by atoms with Crippen LogP contribution < -0.4 is 10.5 Å². The highest BCUT2D eigenvalue weighted by molar-refractivity contribution is 7.80. The van der Waals surface area contributed by atoms with Gasteiger partial charge in [-0.2, -0.15) is 0 Å². The van der Waals surface area contributed by atoms with Gasteiger partial charge in [-0.1, -0.05) is 24.4 Å². The molecule has 0 bridgehead atoms. The van der Waals surface area contributed by atoms with Crippen molar-refractivity contribution < 1.29 is 4.74 Å². The molecule has 0 aliphatic carbocycles. The van der Waals surface area contributed by atoms with E-state index in [4.69, 9.17) is 22.7 Å². The van der Waals surface area contributed by atoms with Crippen LogP contribution in [0, 0.1) is 0 Å². The SMILES string of the molecule is COc1ccc(CN(CC(N)=S)C(C)C)cc1. The lowest BCUT2D eigenvalue weighted by molar-refractivity contribution is 0.245. The molecule has 0 aliphatic heterocycles. The largest absolute Gasteiger partial charge is 0.497 e. The lowest BCUT2D eigenvalue weighted by atomic mass is 10.2. The van der Waals surface area contributed by atoms with Crippen LogP contribution in [0.15, 0.2) is 24.3 Å². The Balaban J connectivity index is 2.68. The number of ether oxygens (including phenoxy) is 1. The maximum absolute atomic E-state index is 5.60. The van der Waals surface area contributed by atoms with Gasteiger partial charge in [0.1, 0.15) is 5.75 Å². The predicted octanol–water partition coefficient (Wildman–Crippen LogP) is 2.19. The van der Waals surface area contributed by atoms with Gasteiger partial charge in [-0.25, -0.2) is 0 Å². The van der Waals surface area contributed by atoms with Crippen LogP contribution in [0.2, 0.25) is 0 Å². The molecule has 0 aromatic heterocycles. The van der Waals surface area contributed by atoms with Crippen LogP contribution in [-0.2, 0) is 6.54 Å². The van der Waals surface area contributed by atoms with Crippen molar-refractivity contribution in [2.75, 3.05) is 13.7 Å². The van der Waals surface area contributed by atoms with Gasteiger partial charge >= 0.3 is 0 Å². The van der Waals surface area contributed by atoms with Gasteiger partial charge in [0.15, 0.2) is 0 Å². The third-order valence-corrected chi connectivity index (χ3v) is 2.76. The molecule has 0 radical (unpaired) electrons. The monoisotopic (exact) mass is 252 g/mol. The third kappa shape index (κ3) is 4.71. The minimum Gasteiger partial charge on any atom is -0.497 e. The molecule has 94 valence electrons.